The Bertz CT molecular complexity index is 1430. The lowest BCUT2D eigenvalue weighted by atomic mass is 10.1. The van der Waals surface area contributed by atoms with E-state index in [9.17, 15) is 14.0 Å². The Morgan fingerprint density at radius 3 is 2.38 bits per heavy atom. The number of fused-ring (bicyclic) bond motifs is 1. The molecule has 0 bridgehead atoms. The molecule has 1 aromatic heterocycles. The van der Waals surface area contributed by atoms with Crippen LogP contribution in [0.2, 0.25) is 0 Å². The molecule has 4 rings (SSSR count). The first-order chi connectivity index (χ1) is 18.9. The molecule has 7 nitrogen and oxygen atoms in total. The Morgan fingerprint density at radius 1 is 0.897 bits per heavy atom. The summed E-state index contributed by atoms with van der Waals surface area (Å²) in [4.78, 5) is 33.4. The van der Waals surface area contributed by atoms with E-state index in [2.05, 4.69) is 11.1 Å². The molecule has 204 valence electrons. The van der Waals surface area contributed by atoms with Gasteiger partial charge in [-0.1, -0.05) is 43.3 Å². The highest BCUT2D eigenvalue weighted by molar-refractivity contribution is 5.96. The van der Waals surface area contributed by atoms with Gasteiger partial charge in [0.05, 0.1) is 19.8 Å². The lowest BCUT2D eigenvalue weighted by molar-refractivity contribution is -0.132. The van der Waals surface area contributed by atoms with Gasteiger partial charge >= 0.3 is 0 Å². The molecule has 0 radical (unpaired) electrons. The van der Waals surface area contributed by atoms with E-state index >= 15 is 0 Å². The molecule has 4 aromatic rings. The van der Waals surface area contributed by atoms with Crippen molar-refractivity contribution in [2.24, 2.45) is 0 Å². The number of aromatic nitrogens is 1. The van der Waals surface area contributed by atoms with Crippen molar-refractivity contribution in [2.75, 3.05) is 33.9 Å². The number of methoxy groups -OCH3 is 2. The highest BCUT2D eigenvalue weighted by Gasteiger charge is 2.24. The number of para-hydroxylation sites is 1. The largest absolute Gasteiger partial charge is 0.493 e. The predicted molar refractivity (Wildman–Crippen MR) is 150 cm³/mol. The Hall–Kier alpha value is -4.33. The molecule has 0 unspecified atom stereocenters. The van der Waals surface area contributed by atoms with Crippen molar-refractivity contribution in [2.45, 2.75) is 26.3 Å². The minimum Gasteiger partial charge on any atom is -0.493 e. The van der Waals surface area contributed by atoms with Gasteiger partial charge in [-0.05, 0) is 54.3 Å². The molecule has 0 aliphatic rings. The number of rotatable bonds is 12. The summed E-state index contributed by atoms with van der Waals surface area (Å²) in [6.07, 6.45) is 3.23. The van der Waals surface area contributed by atoms with Crippen LogP contribution in [0.3, 0.4) is 0 Å². The summed E-state index contributed by atoms with van der Waals surface area (Å²) in [6, 6.07) is 19.4. The normalized spacial score (nSPS) is 10.9. The summed E-state index contributed by atoms with van der Waals surface area (Å²) in [5, 5.41) is 1.11. The highest BCUT2D eigenvalue weighted by Crippen LogP contribution is 2.28. The van der Waals surface area contributed by atoms with Gasteiger partial charge in [0.1, 0.15) is 12.4 Å². The summed E-state index contributed by atoms with van der Waals surface area (Å²) >= 11 is 0. The Kier molecular flexibility index (Phi) is 9.20. The second kappa shape index (κ2) is 13.0. The molecular weight excluding hydrogens is 497 g/mol. The maximum absolute atomic E-state index is 14.4. The third-order valence-electron chi connectivity index (χ3n) is 6.71. The molecule has 2 amide bonds. The van der Waals surface area contributed by atoms with Crippen LogP contribution in [0, 0.1) is 5.82 Å². The minimum absolute atomic E-state index is 0.0380. The summed E-state index contributed by atoms with van der Waals surface area (Å²) in [7, 11) is 3.14. The van der Waals surface area contributed by atoms with E-state index in [4.69, 9.17) is 9.47 Å². The zero-order valence-corrected chi connectivity index (χ0v) is 22.6. The van der Waals surface area contributed by atoms with E-state index in [1.165, 1.54) is 23.1 Å². The van der Waals surface area contributed by atoms with Gasteiger partial charge in [-0.15, -0.1) is 0 Å². The van der Waals surface area contributed by atoms with E-state index in [0.717, 1.165) is 22.0 Å². The standard InChI is InChI=1S/C31H34FN3O4/c1-4-16-35(31(37)25-10-5-7-11-26(25)32)21-30(36)34(20-22-13-14-28(38-2)29(18-22)39-3)17-15-23-19-33-27-12-8-6-9-24(23)27/h5-14,18-19,33H,4,15-17,20-21H2,1-3H3. The van der Waals surface area contributed by atoms with Crippen LogP contribution >= 0.6 is 0 Å². The number of carbonyl (C=O) groups excluding carboxylic acids is 2. The van der Waals surface area contributed by atoms with Crippen LogP contribution < -0.4 is 9.47 Å². The first kappa shape index (κ1) is 27.7. The van der Waals surface area contributed by atoms with Crippen molar-refractivity contribution in [1.82, 2.24) is 14.8 Å². The number of carbonyl (C=O) groups is 2. The van der Waals surface area contributed by atoms with Crippen molar-refractivity contribution in [3.05, 3.63) is 95.4 Å². The molecule has 0 fully saturated rings. The number of nitrogens with zero attached hydrogens (tertiary/aromatic N) is 2. The van der Waals surface area contributed by atoms with Crippen LogP contribution in [0.5, 0.6) is 11.5 Å². The van der Waals surface area contributed by atoms with Crippen LogP contribution in [0.15, 0.2) is 72.9 Å². The van der Waals surface area contributed by atoms with Crippen LogP contribution in [-0.2, 0) is 17.8 Å². The molecule has 0 spiro atoms. The van der Waals surface area contributed by atoms with Gasteiger partial charge < -0.3 is 24.3 Å². The molecule has 39 heavy (non-hydrogen) atoms. The molecule has 0 aliphatic heterocycles. The van der Waals surface area contributed by atoms with E-state index in [0.29, 0.717) is 44.0 Å². The summed E-state index contributed by atoms with van der Waals surface area (Å²) in [6.45, 7) is 2.86. The number of aromatic amines is 1. The van der Waals surface area contributed by atoms with Crippen LogP contribution in [0.1, 0.15) is 34.8 Å². The predicted octanol–water partition coefficient (Wildman–Crippen LogP) is 5.45. The number of halogens is 1. The Balaban J connectivity index is 1.58. The van der Waals surface area contributed by atoms with Crippen molar-refractivity contribution in [3.63, 3.8) is 0 Å². The SMILES string of the molecule is CCCN(CC(=O)N(CCc1c[nH]c2ccccc12)Cc1ccc(OC)c(OC)c1)C(=O)c1ccccc1F. The van der Waals surface area contributed by atoms with Crippen molar-refractivity contribution in [3.8, 4) is 11.5 Å². The molecular formula is C31H34FN3O4. The summed E-state index contributed by atoms with van der Waals surface area (Å²) in [5.41, 5.74) is 2.96. The van der Waals surface area contributed by atoms with Gasteiger partial charge in [-0.3, -0.25) is 9.59 Å². The van der Waals surface area contributed by atoms with Crippen LogP contribution in [-0.4, -0.2) is 60.5 Å². The minimum atomic E-state index is -0.599. The second-order valence-corrected chi connectivity index (χ2v) is 9.32. The fourth-order valence-electron chi connectivity index (χ4n) is 4.68. The number of benzene rings is 3. The van der Waals surface area contributed by atoms with Gasteiger partial charge in [-0.2, -0.15) is 0 Å². The first-order valence-corrected chi connectivity index (χ1v) is 13.0. The average molecular weight is 532 g/mol. The Labute approximate surface area is 228 Å². The van der Waals surface area contributed by atoms with Crippen molar-refractivity contribution < 1.29 is 23.5 Å². The maximum atomic E-state index is 14.4. The molecule has 0 atom stereocenters. The fourth-order valence-corrected chi connectivity index (χ4v) is 4.68. The van der Waals surface area contributed by atoms with Crippen LogP contribution in [0.25, 0.3) is 10.9 Å². The average Bonchev–Trinajstić information content (AvgIpc) is 3.37. The molecule has 1 heterocycles. The highest BCUT2D eigenvalue weighted by atomic mass is 19.1. The van der Waals surface area contributed by atoms with Gasteiger partial charge in [-0.25, -0.2) is 4.39 Å². The summed E-state index contributed by atoms with van der Waals surface area (Å²) < 4.78 is 25.2. The zero-order chi connectivity index (χ0) is 27.8. The number of hydrogen-bond donors (Lipinski definition) is 1. The monoisotopic (exact) mass is 531 g/mol. The lowest BCUT2D eigenvalue weighted by Crippen LogP contribution is -2.43. The topological polar surface area (TPSA) is 74.9 Å². The lowest BCUT2D eigenvalue weighted by Gasteiger charge is -2.28. The van der Waals surface area contributed by atoms with E-state index in [1.807, 2.05) is 49.5 Å². The molecule has 3 aromatic carbocycles. The third kappa shape index (κ3) is 6.57. The number of nitrogens with one attached hydrogen (secondary N) is 1. The maximum Gasteiger partial charge on any atom is 0.257 e. The van der Waals surface area contributed by atoms with E-state index < -0.39 is 11.7 Å². The fraction of sp³-hybridized carbons (Fsp3) is 0.290. The molecule has 1 N–H and O–H groups in total. The molecule has 8 heteroatoms. The second-order valence-electron chi connectivity index (χ2n) is 9.32. The van der Waals surface area contributed by atoms with Crippen LogP contribution in [0.4, 0.5) is 4.39 Å². The molecule has 0 saturated heterocycles. The smallest absolute Gasteiger partial charge is 0.257 e. The first-order valence-electron chi connectivity index (χ1n) is 13.0. The third-order valence-corrected chi connectivity index (χ3v) is 6.71. The van der Waals surface area contributed by atoms with Gasteiger partial charge in [0.25, 0.3) is 5.91 Å². The Morgan fingerprint density at radius 2 is 1.64 bits per heavy atom. The molecule has 0 saturated carbocycles. The van der Waals surface area contributed by atoms with Gasteiger partial charge in [0.15, 0.2) is 11.5 Å². The number of ether oxygens (including phenoxy) is 2. The molecule has 0 aliphatic carbocycles. The van der Waals surface area contributed by atoms with Gasteiger partial charge in [0.2, 0.25) is 5.91 Å². The quantitative estimate of drug-likeness (QED) is 0.264. The number of hydrogen-bond acceptors (Lipinski definition) is 4. The van der Waals surface area contributed by atoms with Crippen molar-refractivity contribution in [1.29, 1.82) is 0 Å². The zero-order valence-electron chi connectivity index (χ0n) is 22.6. The number of H-pyrrole nitrogens is 1. The number of amides is 2. The van der Waals surface area contributed by atoms with E-state index in [1.54, 1.807) is 25.2 Å². The van der Waals surface area contributed by atoms with Crippen molar-refractivity contribution >= 4 is 22.7 Å². The summed E-state index contributed by atoms with van der Waals surface area (Å²) in [5.74, 6) is -0.143. The van der Waals surface area contributed by atoms with E-state index in [-0.39, 0.29) is 18.0 Å². The van der Waals surface area contributed by atoms with Gasteiger partial charge in [0, 0.05) is 36.7 Å².